The second kappa shape index (κ2) is 7.35. The second-order valence-electron chi connectivity index (χ2n) is 8.05. The average Bonchev–Trinajstić information content (AvgIpc) is 3.31. The van der Waals surface area contributed by atoms with Gasteiger partial charge in [0.25, 0.3) is 0 Å². The first-order valence-electron chi connectivity index (χ1n) is 9.67. The Morgan fingerprint density at radius 1 is 0.957 bits per heavy atom. The van der Waals surface area contributed by atoms with Crippen LogP contribution in [0.3, 0.4) is 0 Å². The molecule has 4 rings (SSSR count). The molecular weight excluding hydrogens is 286 g/mol. The Kier molecular flexibility index (Phi) is 5.00. The molecule has 1 atom stereocenters. The fourth-order valence-corrected chi connectivity index (χ4v) is 4.29. The van der Waals surface area contributed by atoms with Crippen molar-refractivity contribution in [3.63, 3.8) is 0 Å². The van der Waals surface area contributed by atoms with E-state index in [1.165, 1.54) is 63.7 Å². The van der Waals surface area contributed by atoms with Gasteiger partial charge in [-0.3, -0.25) is 9.58 Å². The first-order valence-corrected chi connectivity index (χ1v) is 9.67. The summed E-state index contributed by atoms with van der Waals surface area (Å²) in [7, 11) is 0. The minimum absolute atomic E-state index is 0.582. The molecule has 1 unspecified atom stereocenters. The van der Waals surface area contributed by atoms with Crippen LogP contribution in [0.15, 0.2) is 12.3 Å². The van der Waals surface area contributed by atoms with Gasteiger partial charge in [0.05, 0.1) is 12.3 Å². The summed E-state index contributed by atoms with van der Waals surface area (Å²) in [5, 5.41) is 4.54. The molecule has 2 aliphatic carbocycles. The highest BCUT2D eigenvalue weighted by Crippen LogP contribution is 2.29. The van der Waals surface area contributed by atoms with E-state index in [0.717, 1.165) is 38.1 Å². The maximum absolute atomic E-state index is 6.01. The number of fused-ring (bicyclic) bond motifs is 1. The molecule has 2 heterocycles. The predicted molar refractivity (Wildman–Crippen MR) is 91.1 cm³/mol. The van der Waals surface area contributed by atoms with Crippen molar-refractivity contribution in [1.82, 2.24) is 14.7 Å². The van der Waals surface area contributed by atoms with E-state index in [1.54, 1.807) is 0 Å². The minimum atomic E-state index is 0.582. The molecule has 0 aromatic carbocycles. The summed E-state index contributed by atoms with van der Waals surface area (Å²) in [5.41, 5.74) is 1.38. The summed E-state index contributed by atoms with van der Waals surface area (Å²) >= 11 is 0. The SMILES string of the molecule is c1cc2n(n1)CC(COCC1CC1)CN(CC1CCCCC1)C2. The van der Waals surface area contributed by atoms with Gasteiger partial charge >= 0.3 is 0 Å². The van der Waals surface area contributed by atoms with Crippen LogP contribution in [-0.4, -0.2) is 41.0 Å². The fraction of sp³-hybridized carbons (Fsp3) is 0.842. The van der Waals surface area contributed by atoms with Crippen LogP contribution in [0.5, 0.6) is 0 Å². The maximum Gasteiger partial charge on any atom is 0.0524 e. The Labute approximate surface area is 140 Å². The third kappa shape index (κ3) is 4.36. The van der Waals surface area contributed by atoms with E-state index in [0.29, 0.717) is 5.92 Å². The van der Waals surface area contributed by atoms with Gasteiger partial charge < -0.3 is 4.74 Å². The lowest BCUT2D eigenvalue weighted by molar-refractivity contribution is 0.0665. The van der Waals surface area contributed by atoms with Crippen molar-refractivity contribution in [1.29, 1.82) is 0 Å². The van der Waals surface area contributed by atoms with Gasteiger partial charge in [0.2, 0.25) is 0 Å². The number of ether oxygens (including phenoxy) is 1. The molecule has 0 bridgehead atoms. The Morgan fingerprint density at radius 3 is 2.61 bits per heavy atom. The van der Waals surface area contributed by atoms with Crippen LogP contribution < -0.4 is 0 Å². The van der Waals surface area contributed by atoms with Crippen molar-refractivity contribution in [2.45, 2.75) is 58.0 Å². The molecule has 0 saturated heterocycles. The van der Waals surface area contributed by atoms with Gasteiger partial charge in [-0.1, -0.05) is 19.3 Å². The topological polar surface area (TPSA) is 30.3 Å². The van der Waals surface area contributed by atoms with Crippen molar-refractivity contribution in [3.8, 4) is 0 Å². The van der Waals surface area contributed by atoms with Crippen molar-refractivity contribution >= 4 is 0 Å². The van der Waals surface area contributed by atoms with Gasteiger partial charge in [0.1, 0.15) is 0 Å². The van der Waals surface area contributed by atoms with Gasteiger partial charge in [0, 0.05) is 44.9 Å². The Balaban J connectivity index is 1.36. The van der Waals surface area contributed by atoms with E-state index >= 15 is 0 Å². The van der Waals surface area contributed by atoms with Gasteiger partial charge in [-0.05, 0) is 43.6 Å². The van der Waals surface area contributed by atoms with E-state index < -0.39 is 0 Å². The molecule has 0 amide bonds. The molecular formula is C19H31N3O. The number of rotatable bonds is 6. The summed E-state index contributed by atoms with van der Waals surface area (Å²) in [6, 6.07) is 2.20. The molecule has 0 radical (unpaired) electrons. The number of aromatic nitrogens is 2. The second-order valence-corrected chi connectivity index (χ2v) is 8.05. The smallest absolute Gasteiger partial charge is 0.0524 e. The Hall–Kier alpha value is -0.870. The molecule has 1 aromatic rings. The molecule has 128 valence electrons. The van der Waals surface area contributed by atoms with Crippen LogP contribution in [0.25, 0.3) is 0 Å². The quantitative estimate of drug-likeness (QED) is 0.806. The molecule has 23 heavy (non-hydrogen) atoms. The van der Waals surface area contributed by atoms with Crippen LogP contribution in [0.4, 0.5) is 0 Å². The van der Waals surface area contributed by atoms with Crippen LogP contribution in [0, 0.1) is 17.8 Å². The van der Waals surface area contributed by atoms with Crippen molar-refractivity contribution in [2.24, 2.45) is 17.8 Å². The third-order valence-corrected chi connectivity index (χ3v) is 5.78. The lowest BCUT2D eigenvalue weighted by atomic mass is 9.89. The molecule has 3 aliphatic rings. The highest BCUT2D eigenvalue weighted by Gasteiger charge is 2.26. The monoisotopic (exact) mass is 317 g/mol. The van der Waals surface area contributed by atoms with Crippen molar-refractivity contribution < 1.29 is 4.74 Å². The zero-order valence-corrected chi connectivity index (χ0v) is 14.3. The molecule has 2 saturated carbocycles. The molecule has 4 heteroatoms. The van der Waals surface area contributed by atoms with E-state index in [4.69, 9.17) is 4.74 Å². The van der Waals surface area contributed by atoms with Crippen LogP contribution >= 0.6 is 0 Å². The largest absolute Gasteiger partial charge is 0.381 e. The lowest BCUT2D eigenvalue weighted by Gasteiger charge is -2.30. The number of hydrogen-bond donors (Lipinski definition) is 0. The Bertz CT molecular complexity index is 491. The standard InChI is InChI=1S/C19H31N3O/c1-2-4-16(5-3-1)10-21-11-18(15-23-14-17-6-7-17)12-22-19(13-21)8-9-20-22/h8-9,16-18H,1-7,10-15H2. The van der Waals surface area contributed by atoms with Crippen LogP contribution in [-0.2, 0) is 17.8 Å². The van der Waals surface area contributed by atoms with Crippen molar-refractivity contribution in [2.75, 3.05) is 26.3 Å². The van der Waals surface area contributed by atoms with Crippen LogP contribution in [0.2, 0.25) is 0 Å². The summed E-state index contributed by atoms with van der Waals surface area (Å²) in [5.74, 6) is 2.35. The molecule has 4 nitrogen and oxygen atoms in total. The summed E-state index contributed by atoms with van der Waals surface area (Å²) in [6.07, 6.45) is 11.9. The number of nitrogens with zero attached hydrogens (tertiary/aromatic N) is 3. The first kappa shape index (κ1) is 15.6. The van der Waals surface area contributed by atoms with Crippen molar-refractivity contribution in [3.05, 3.63) is 18.0 Å². The van der Waals surface area contributed by atoms with Gasteiger partial charge in [-0.25, -0.2) is 0 Å². The van der Waals surface area contributed by atoms with E-state index in [1.807, 2.05) is 6.20 Å². The van der Waals surface area contributed by atoms with Gasteiger partial charge in [-0.15, -0.1) is 0 Å². The average molecular weight is 317 g/mol. The maximum atomic E-state index is 6.01. The Morgan fingerprint density at radius 2 is 1.78 bits per heavy atom. The fourth-order valence-electron chi connectivity index (χ4n) is 4.29. The summed E-state index contributed by atoms with van der Waals surface area (Å²) in [4.78, 5) is 2.68. The van der Waals surface area contributed by atoms with E-state index in [2.05, 4.69) is 20.7 Å². The highest BCUT2D eigenvalue weighted by molar-refractivity contribution is 5.02. The lowest BCUT2D eigenvalue weighted by Crippen LogP contribution is -2.34. The minimum Gasteiger partial charge on any atom is -0.381 e. The van der Waals surface area contributed by atoms with E-state index in [9.17, 15) is 0 Å². The van der Waals surface area contributed by atoms with Gasteiger partial charge in [-0.2, -0.15) is 5.10 Å². The zero-order valence-electron chi connectivity index (χ0n) is 14.3. The molecule has 2 fully saturated rings. The molecule has 1 aromatic heterocycles. The number of hydrogen-bond acceptors (Lipinski definition) is 3. The first-order chi connectivity index (χ1) is 11.4. The summed E-state index contributed by atoms with van der Waals surface area (Å²) in [6.45, 7) is 6.40. The molecule has 1 aliphatic heterocycles. The normalized spacial score (nSPS) is 26.9. The zero-order chi connectivity index (χ0) is 15.5. The highest BCUT2D eigenvalue weighted by atomic mass is 16.5. The third-order valence-electron chi connectivity index (χ3n) is 5.78. The molecule has 0 N–H and O–H groups in total. The molecule has 0 spiro atoms. The summed E-state index contributed by atoms with van der Waals surface area (Å²) < 4.78 is 8.23. The van der Waals surface area contributed by atoms with E-state index in [-0.39, 0.29) is 0 Å². The van der Waals surface area contributed by atoms with Gasteiger partial charge in [0.15, 0.2) is 0 Å². The van der Waals surface area contributed by atoms with Crippen LogP contribution in [0.1, 0.15) is 50.6 Å². The predicted octanol–water partition coefficient (Wildman–Crippen LogP) is 3.32.